The monoisotopic (exact) mass is 489 g/mol. The molecular formula is C28H24ClNO5. The molecule has 0 aromatic heterocycles. The van der Waals surface area contributed by atoms with Crippen LogP contribution in [0.25, 0.3) is 0 Å². The maximum absolute atomic E-state index is 13.3. The van der Waals surface area contributed by atoms with E-state index in [-0.39, 0.29) is 25.5 Å². The van der Waals surface area contributed by atoms with Crippen LogP contribution in [0.2, 0.25) is 5.02 Å². The Morgan fingerprint density at radius 1 is 1.03 bits per heavy atom. The highest BCUT2D eigenvalue weighted by atomic mass is 35.5. The molecule has 0 bridgehead atoms. The molecule has 3 aromatic rings. The fourth-order valence-corrected chi connectivity index (χ4v) is 4.71. The van der Waals surface area contributed by atoms with E-state index in [1.54, 1.807) is 18.1 Å². The van der Waals surface area contributed by atoms with Gasteiger partial charge in [-0.25, -0.2) is 4.79 Å². The first-order chi connectivity index (χ1) is 17.0. The van der Waals surface area contributed by atoms with E-state index < -0.39 is 11.9 Å². The van der Waals surface area contributed by atoms with Crippen LogP contribution in [-0.4, -0.2) is 25.6 Å². The van der Waals surface area contributed by atoms with Gasteiger partial charge < -0.3 is 14.2 Å². The molecule has 35 heavy (non-hydrogen) atoms. The summed E-state index contributed by atoms with van der Waals surface area (Å²) in [5.74, 6) is 0.140. The van der Waals surface area contributed by atoms with E-state index in [4.69, 9.17) is 25.8 Å². The minimum Gasteiger partial charge on any atom is -0.493 e. The summed E-state index contributed by atoms with van der Waals surface area (Å²) < 4.78 is 16.9. The molecule has 6 nitrogen and oxygen atoms in total. The topological polar surface area (TPSA) is 65.1 Å². The molecule has 0 fully saturated rings. The molecular weight excluding hydrogens is 466 g/mol. The SMILES string of the molecule is COc1cc(C2CC(=O)N(c3ccc(C)cc3)C3=C2C(=O)OC3)ccc1OCc1ccccc1Cl. The number of cyclic esters (lactones) is 1. The zero-order valence-electron chi connectivity index (χ0n) is 19.4. The van der Waals surface area contributed by atoms with E-state index in [0.717, 1.165) is 22.4 Å². The predicted octanol–water partition coefficient (Wildman–Crippen LogP) is 5.57. The number of nitrogens with zero attached hydrogens (tertiary/aromatic N) is 1. The lowest BCUT2D eigenvalue weighted by molar-refractivity contribution is -0.136. The summed E-state index contributed by atoms with van der Waals surface area (Å²) in [6, 6.07) is 20.6. The maximum Gasteiger partial charge on any atom is 0.336 e. The molecule has 1 atom stereocenters. The lowest BCUT2D eigenvalue weighted by Crippen LogP contribution is -2.37. The van der Waals surface area contributed by atoms with Gasteiger partial charge in [0.15, 0.2) is 11.5 Å². The number of anilines is 1. The third-order valence-electron chi connectivity index (χ3n) is 6.34. The van der Waals surface area contributed by atoms with Gasteiger partial charge in [-0.15, -0.1) is 0 Å². The summed E-state index contributed by atoms with van der Waals surface area (Å²) in [7, 11) is 1.56. The summed E-state index contributed by atoms with van der Waals surface area (Å²) in [5, 5.41) is 0.626. The van der Waals surface area contributed by atoms with Crippen molar-refractivity contribution in [3.05, 3.63) is 99.7 Å². The second kappa shape index (κ2) is 9.47. The third-order valence-corrected chi connectivity index (χ3v) is 6.71. The molecule has 0 spiro atoms. The second-order valence-electron chi connectivity index (χ2n) is 8.55. The van der Waals surface area contributed by atoms with Gasteiger partial charge in [-0.2, -0.15) is 0 Å². The highest BCUT2D eigenvalue weighted by Gasteiger charge is 2.43. The summed E-state index contributed by atoms with van der Waals surface area (Å²) in [4.78, 5) is 27.6. The summed E-state index contributed by atoms with van der Waals surface area (Å²) >= 11 is 6.24. The van der Waals surface area contributed by atoms with Crippen LogP contribution in [0.3, 0.4) is 0 Å². The first-order valence-electron chi connectivity index (χ1n) is 11.3. The molecule has 2 aliphatic rings. The van der Waals surface area contributed by atoms with E-state index in [1.807, 2.05) is 67.6 Å². The van der Waals surface area contributed by atoms with E-state index in [9.17, 15) is 9.59 Å². The Hall–Kier alpha value is -3.77. The van der Waals surface area contributed by atoms with Crippen molar-refractivity contribution in [2.75, 3.05) is 18.6 Å². The molecule has 0 aliphatic carbocycles. The predicted molar refractivity (Wildman–Crippen MR) is 133 cm³/mol. The van der Waals surface area contributed by atoms with Gasteiger partial charge in [0.2, 0.25) is 5.91 Å². The normalized spacial score (nSPS) is 17.3. The Balaban J connectivity index is 1.46. The van der Waals surface area contributed by atoms with Gasteiger partial charge in [0, 0.05) is 28.6 Å². The number of aryl methyl sites for hydroxylation is 1. The summed E-state index contributed by atoms with van der Waals surface area (Å²) in [5.41, 5.74) is 4.57. The fourth-order valence-electron chi connectivity index (χ4n) is 4.52. The number of hydrogen-bond donors (Lipinski definition) is 0. The Morgan fingerprint density at radius 2 is 1.80 bits per heavy atom. The van der Waals surface area contributed by atoms with Crippen LogP contribution >= 0.6 is 11.6 Å². The van der Waals surface area contributed by atoms with Gasteiger partial charge in [0.25, 0.3) is 0 Å². The van der Waals surface area contributed by atoms with Crippen LogP contribution in [0.1, 0.15) is 29.0 Å². The Bertz CT molecular complexity index is 1330. The van der Waals surface area contributed by atoms with Gasteiger partial charge in [-0.3, -0.25) is 9.69 Å². The van der Waals surface area contributed by atoms with Crippen molar-refractivity contribution < 1.29 is 23.8 Å². The van der Waals surface area contributed by atoms with Crippen molar-refractivity contribution in [2.24, 2.45) is 0 Å². The molecule has 1 amide bonds. The zero-order chi connectivity index (χ0) is 24.5. The van der Waals surface area contributed by atoms with Crippen molar-refractivity contribution in [1.82, 2.24) is 0 Å². The number of ether oxygens (including phenoxy) is 3. The van der Waals surface area contributed by atoms with Crippen molar-refractivity contribution in [3.8, 4) is 11.5 Å². The lowest BCUT2D eigenvalue weighted by Gasteiger charge is -2.32. The van der Waals surface area contributed by atoms with E-state index in [0.29, 0.717) is 27.8 Å². The van der Waals surface area contributed by atoms with Crippen LogP contribution < -0.4 is 14.4 Å². The molecule has 0 saturated heterocycles. The molecule has 7 heteroatoms. The quantitative estimate of drug-likeness (QED) is 0.424. The first kappa shape index (κ1) is 23.0. The Morgan fingerprint density at radius 3 is 2.54 bits per heavy atom. The lowest BCUT2D eigenvalue weighted by atomic mass is 9.84. The van der Waals surface area contributed by atoms with Crippen LogP contribution in [0.15, 0.2) is 78.0 Å². The Kier molecular flexibility index (Phi) is 6.22. The molecule has 0 saturated carbocycles. The number of benzene rings is 3. The van der Waals surface area contributed by atoms with E-state index in [1.165, 1.54) is 0 Å². The van der Waals surface area contributed by atoms with Gasteiger partial charge in [-0.1, -0.05) is 53.6 Å². The number of hydrogen-bond acceptors (Lipinski definition) is 5. The van der Waals surface area contributed by atoms with Crippen molar-refractivity contribution in [2.45, 2.75) is 25.9 Å². The standard InChI is InChI=1S/C28H24ClNO5/c1-17-7-10-20(11-8-17)30-23-16-35-28(32)27(23)21(14-26(30)31)18-9-12-24(25(13-18)33-2)34-15-19-5-3-4-6-22(19)29/h3-13,21H,14-16H2,1-2H3. The molecule has 2 aliphatic heterocycles. The Labute approximate surface area is 208 Å². The fraction of sp³-hybridized carbons (Fsp3) is 0.214. The average Bonchev–Trinajstić information content (AvgIpc) is 3.25. The summed E-state index contributed by atoms with van der Waals surface area (Å²) in [6.45, 7) is 2.34. The number of carbonyl (C=O) groups excluding carboxylic acids is 2. The van der Waals surface area contributed by atoms with Crippen molar-refractivity contribution in [3.63, 3.8) is 0 Å². The number of halogens is 1. The number of esters is 1. The number of amides is 1. The number of carbonyl (C=O) groups is 2. The van der Waals surface area contributed by atoms with Gasteiger partial charge in [0.1, 0.15) is 13.2 Å². The highest BCUT2D eigenvalue weighted by Crippen LogP contribution is 2.43. The van der Waals surface area contributed by atoms with Gasteiger partial charge in [0.05, 0.1) is 18.4 Å². The average molecular weight is 490 g/mol. The van der Waals surface area contributed by atoms with Crippen molar-refractivity contribution >= 4 is 29.2 Å². The molecule has 1 unspecified atom stereocenters. The third kappa shape index (κ3) is 4.37. The van der Waals surface area contributed by atoms with Gasteiger partial charge in [-0.05, 0) is 42.8 Å². The minimum absolute atomic E-state index is 0.0699. The van der Waals surface area contributed by atoms with Crippen LogP contribution in [0, 0.1) is 6.92 Å². The molecule has 2 heterocycles. The molecule has 178 valence electrons. The molecule has 5 rings (SSSR count). The summed E-state index contributed by atoms with van der Waals surface area (Å²) in [6.07, 6.45) is 0.144. The maximum atomic E-state index is 13.3. The smallest absolute Gasteiger partial charge is 0.336 e. The second-order valence-corrected chi connectivity index (χ2v) is 8.96. The zero-order valence-corrected chi connectivity index (χ0v) is 20.2. The largest absolute Gasteiger partial charge is 0.493 e. The van der Waals surface area contributed by atoms with Crippen LogP contribution in [0.4, 0.5) is 5.69 Å². The van der Waals surface area contributed by atoms with Gasteiger partial charge >= 0.3 is 5.97 Å². The molecule has 0 radical (unpaired) electrons. The van der Waals surface area contributed by atoms with E-state index >= 15 is 0 Å². The minimum atomic E-state index is -0.430. The first-order valence-corrected chi connectivity index (χ1v) is 11.7. The van der Waals surface area contributed by atoms with Crippen LogP contribution in [0.5, 0.6) is 11.5 Å². The van der Waals surface area contributed by atoms with Crippen LogP contribution in [-0.2, 0) is 20.9 Å². The number of methoxy groups -OCH3 is 1. The number of rotatable bonds is 6. The molecule has 3 aromatic carbocycles. The van der Waals surface area contributed by atoms with E-state index in [2.05, 4.69) is 0 Å². The highest BCUT2D eigenvalue weighted by molar-refractivity contribution is 6.31. The van der Waals surface area contributed by atoms with Crippen molar-refractivity contribution in [1.29, 1.82) is 0 Å². The molecule has 0 N–H and O–H groups in total.